The van der Waals surface area contributed by atoms with Gasteiger partial charge in [0.1, 0.15) is 5.82 Å². The molecule has 10 nitrogen and oxygen atoms in total. The van der Waals surface area contributed by atoms with Crippen LogP contribution in [0.15, 0.2) is 30.5 Å². The van der Waals surface area contributed by atoms with Crippen molar-refractivity contribution in [1.29, 1.82) is 0 Å². The number of hydrogen-bond donors (Lipinski definition) is 3. The van der Waals surface area contributed by atoms with Crippen LogP contribution in [0.2, 0.25) is 0 Å². The van der Waals surface area contributed by atoms with Gasteiger partial charge in [0.25, 0.3) is 5.91 Å². The van der Waals surface area contributed by atoms with Crippen LogP contribution in [-0.4, -0.2) is 59.4 Å². The van der Waals surface area contributed by atoms with Crippen LogP contribution in [0.5, 0.6) is 11.6 Å². The summed E-state index contributed by atoms with van der Waals surface area (Å²) in [5.41, 5.74) is 8.70. The SMILES string of the molecule is COc1ccc2ncc(F)c(C[C@@H](N)[C@@H]3CC[C@@H](NCc4ccc5c(n4)NC(=O)CO5)CO3)c2n1. The molecular weight excluding hydrogens is 455 g/mol. The maximum Gasteiger partial charge on any atom is 0.263 e. The molecule has 0 aromatic carbocycles. The zero-order chi connectivity index (χ0) is 24.4. The monoisotopic (exact) mass is 482 g/mol. The first-order valence-electron chi connectivity index (χ1n) is 11.5. The third-order valence-corrected chi connectivity index (χ3v) is 6.28. The van der Waals surface area contributed by atoms with Crippen molar-refractivity contribution in [2.24, 2.45) is 5.73 Å². The lowest BCUT2D eigenvalue weighted by molar-refractivity contribution is -0.118. The molecule has 5 heterocycles. The summed E-state index contributed by atoms with van der Waals surface area (Å²) in [6, 6.07) is 6.85. The molecule has 35 heavy (non-hydrogen) atoms. The van der Waals surface area contributed by atoms with Crippen molar-refractivity contribution in [3.8, 4) is 11.6 Å². The molecule has 3 aromatic rings. The fourth-order valence-corrected chi connectivity index (χ4v) is 4.37. The minimum absolute atomic E-state index is 0.00369. The number of aromatic nitrogens is 3. The highest BCUT2D eigenvalue weighted by atomic mass is 19.1. The van der Waals surface area contributed by atoms with Gasteiger partial charge >= 0.3 is 0 Å². The van der Waals surface area contributed by atoms with E-state index in [9.17, 15) is 9.18 Å². The Morgan fingerprint density at radius 2 is 2.17 bits per heavy atom. The number of hydrogen-bond acceptors (Lipinski definition) is 9. The van der Waals surface area contributed by atoms with Crippen LogP contribution >= 0.6 is 0 Å². The van der Waals surface area contributed by atoms with Crippen molar-refractivity contribution < 1.29 is 23.4 Å². The van der Waals surface area contributed by atoms with Gasteiger partial charge in [0.2, 0.25) is 5.88 Å². The Morgan fingerprint density at radius 3 is 2.97 bits per heavy atom. The lowest BCUT2D eigenvalue weighted by atomic mass is 9.94. The van der Waals surface area contributed by atoms with Gasteiger partial charge in [-0.2, -0.15) is 0 Å². The summed E-state index contributed by atoms with van der Waals surface area (Å²) in [5, 5.41) is 6.15. The van der Waals surface area contributed by atoms with Gasteiger partial charge in [-0.05, 0) is 37.5 Å². The Morgan fingerprint density at radius 1 is 1.29 bits per heavy atom. The maximum atomic E-state index is 14.6. The van der Waals surface area contributed by atoms with Crippen LogP contribution < -0.4 is 25.8 Å². The van der Waals surface area contributed by atoms with E-state index in [-0.39, 0.29) is 31.1 Å². The molecule has 0 aliphatic carbocycles. The van der Waals surface area contributed by atoms with Crippen LogP contribution in [0.1, 0.15) is 24.1 Å². The van der Waals surface area contributed by atoms with Gasteiger partial charge in [0.15, 0.2) is 18.2 Å². The third-order valence-electron chi connectivity index (χ3n) is 6.28. The Balaban J connectivity index is 1.16. The van der Waals surface area contributed by atoms with Crippen LogP contribution in [0, 0.1) is 5.82 Å². The molecule has 1 amide bonds. The number of methoxy groups -OCH3 is 1. The molecule has 11 heteroatoms. The predicted molar refractivity (Wildman–Crippen MR) is 126 cm³/mol. The van der Waals surface area contributed by atoms with Gasteiger partial charge in [-0.1, -0.05) is 0 Å². The van der Waals surface area contributed by atoms with Gasteiger partial charge in [0.05, 0.1) is 42.7 Å². The smallest absolute Gasteiger partial charge is 0.263 e. The van der Waals surface area contributed by atoms with E-state index in [1.165, 1.54) is 13.3 Å². The Hall–Kier alpha value is -3.41. The number of nitrogens with zero attached hydrogens (tertiary/aromatic N) is 3. The second kappa shape index (κ2) is 10.1. The standard InChI is InChI=1S/C24H27FN6O4/c1-33-22-7-4-18-23(31-22)15(16(25)10-28-18)8-17(26)19-5-3-14(11-34-19)27-9-13-2-6-20-24(29-13)30-21(32)12-35-20/h2,4,6-7,10,14,17,19,27H,3,5,8-9,11-12,26H2,1H3,(H,29,30,32)/t14-,17-,19+/m1/s1. The highest BCUT2D eigenvalue weighted by Crippen LogP contribution is 2.26. The largest absolute Gasteiger partial charge is 0.481 e. The minimum atomic E-state index is -0.441. The second-order valence-corrected chi connectivity index (χ2v) is 8.69. The number of pyridine rings is 3. The van der Waals surface area contributed by atoms with E-state index in [1.807, 2.05) is 6.07 Å². The minimum Gasteiger partial charge on any atom is -0.481 e. The van der Waals surface area contributed by atoms with Crippen LogP contribution in [-0.2, 0) is 22.5 Å². The molecule has 0 bridgehead atoms. The number of rotatable bonds is 7. The highest BCUT2D eigenvalue weighted by Gasteiger charge is 2.28. The number of halogens is 1. The van der Waals surface area contributed by atoms with Crippen molar-refractivity contribution >= 4 is 22.8 Å². The Bertz CT molecular complexity index is 1230. The van der Waals surface area contributed by atoms with E-state index in [2.05, 4.69) is 25.6 Å². The first-order chi connectivity index (χ1) is 17.0. The van der Waals surface area contributed by atoms with Crippen molar-refractivity contribution in [2.75, 3.05) is 25.6 Å². The molecule has 0 spiro atoms. The summed E-state index contributed by atoms with van der Waals surface area (Å²) in [7, 11) is 1.51. The molecule has 2 aliphatic heterocycles. The van der Waals surface area contributed by atoms with Gasteiger partial charge in [0, 0.05) is 30.3 Å². The first-order valence-corrected chi connectivity index (χ1v) is 11.5. The predicted octanol–water partition coefficient (Wildman–Crippen LogP) is 1.71. The fourth-order valence-electron chi connectivity index (χ4n) is 4.37. The number of nitrogens with two attached hydrogens (primary N) is 1. The van der Waals surface area contributed by atoms with E-state index in [1.54, 1.807) is 18.2 Å². The number of nitrogens with one attached hydrogen (secondary N) is 2. The molecule has 3 atom stereocenters. The molecule has 3 aromatic heterocycles. The van der Waals surface area contributed by atoms with E-state index in [4.69, 9.17) is 19.9 Å². The van der Waals surface area contributed by atoms with Gasteiger partial charge in [-0.25, -0.2) is 14.4 Å². The Kier molecular flexibility index (Phi) is 6.71. The summed E-state index contributed by atoms with van der Waals surface area (Å²) in [4.78, 5) is 24.4. The molecule has 0 unspecified atom stereocenters. The number of anilines is 1. The molecule has 5 rings (SSSR count). The number of carbonyl (C=O) groups excluding carboxylic acids is 1. The second-order valence-electron chi connectivity index (χ2n) is 8.69. The molecule has 0 radical (unpaired) electrons. The average Bonchev–Trinajstić information content (AvgIpc) is 2.88. The van der Waals surface area contributed by atoms with Gasteiger partial charge < -0.3 is 30.6 Å². The fraction of sp³-hybridized carbons (Fsp3) is 0.417. The van der Waals surface area contributed by atoms with Gasteiger partial charge in [-0.3, -0.25) is 9.78 Å². The molecule has 1 fully saturated rings. The molecule has 1 saturated heterocycles. The van der Waals surface area contributed by atoms with E-state index < -0.39 is 11.9 Å². The summed E-state index contributed by atoms with van der Waals surface area (Å²) >= 11 is 0. The molecule has 184 valence electrons. The van der Waals surface area contributed by atoms with Crippen molar-refractivity contribution in [1.82, 2.24) is 20.3 Å². The van der Waals surface area contributed by atoms with Crippen LogP contribution in [0.4, 0.5) is 10.2 Å². The summed E-state index contributed by atoms with van der Waals surface area (Å²) in [5.74, 6) is 0.745. The lowest BCUT2D eigenvalue weighted by Crippen LogP contribution is -2.47. The van der Waals surface area contributed by atoms with Crippen molar-refractivity contribution in [3.63, 3.8) is 0 Å². The zero-order valence-electron chi connectivity index (χ0n) is 19.3. The zero-order valence-corrected chi connectivity index (χ0v) is 19.3. The van der Waals surface area contributed by atoms with Gasteiger partial charge in [-0.15, -0.1) is 0 Å². The quantitative estimate of drug-likeness (QED) is 0.460. The normalized spacial score (nSPS) is 20.6. The highest BCUT2D eigenvalue weighted by molar-refractivity contribution is 5.94. The maximum absolute atomic E-state index is 14.6. The number of carbonyl (C=O) groups is 1. The van der Waals surface area contributed by atoms with E-state index in [0.29, 0.717) is 47.2 Å². The molecule has 2 aliphatic rings. The number of ether oxygens (including phenoxy) is 3. The van der Waals surface area contributed by atoms with Crippen molar-refractivity contribution in [3.05, 3.63) is 47.5 Å². The van der Waals surface area contributed by atoms with Crippen LogP contribution in [0.25, 0.3) is 11.0 Å². The first kappa shape index (κ1) is 23.3. The molecule has 0 saturated carbocycles. The molecular formula is C24H27FN6O4. The lowest BCUT2D eigenvalue weighted by Gasteiger charge is -2.33. The summed E-state index contributed by atoms with van der Waals surface area (Å²) in [6.07, 6.45) is 2.87. The topological polar surface area (TPSA) is 134 Å². The van der Waals surface area contributed by atoms with E-state index >= 15 is 0 Å². The third kappa shape index (κ3) is 5.16. The van der Waals surface area contributed by atoms with Crippen LogP contribution in [0.3, 0.4) is 0 Å². The Labute approximate surface area is 201 Å². The summed E-state index contributed by atoms with van der Waals surface area (Å²) in [6.45, 7) is 1.01. The average molecular weight is 483 g/mol. The molecule has 4 N–H and O–H groups in total. The number of amides is 1. The van der Waals surface area contributed by atoms with E-state index in [0.717, 1.165) is 18.5 Å². The van der Waals surface area contributed by atoms with Crippen molar-refractivity contribution in [2.45, 2.75) is 44.0 Å². The number of fused-ring (bicyclic) bond motifs is 2. The summed E-state index contributed by atoms with van der Waals surface area (Å²) < 4.78 is 31.2.